The highest BCUT2D eigenvalue weighted by Crippen LogP contribution is 2.43. The Hall–Kier alpha value is -1.22. The lowest BCUT2D eigenvalue weighted by Crippen LogP contribution is -2.21. The largest absolute Gasteiger partial charge is 0.493 e. The lowest BCUT2D eigenvalue weighted by molar-refractivity contribution is 0.351. The van der Waals surface area contributed by atoms with Gasteiger partial charge in [0.1, 0.15) is 0 Å². The zero-order valence-electron chi connectivity index (χ0n) is 10.2. The zero-order chi connectivity index (χ0) is 11.5. The van der Waals surface area contributed by atoms with Crippen molar-refractivity contribution in [1.29, 1.82) is 0 Å². The summed E-state index contributed by atoms with van der Waals surface area (Å²) in [4.78, 5) is 0. The van der Waals surface area contributed by atoms with Gasteiger partial charge in [-0.25, -0.2) is 0 Å². The van der Waals surface area contributed by atoms with Gasteiger partial charge < -0.3 is 14.8 Å². The van der Waals surface area contributed by atoms with Crippen molar-refractivity contribution in [2.75, 3.05) is 27.8 Å². The van der Waals surface area contributed by atoms with E-state index in [9.17, 15) is 0 Å². The topological polar surface area (TPSA) is 30.5 Å². The molecule has 0 radical (unpaired) electrons. The van der Waals surface area contributed by atoms with Crippen LogP contribution in [0, 0.1) is 0 Å². The number of rotatable bonds is 5. The van der Waals surface area contributed by atoms with Gasteiger partial charge in [0.2, 0.25) is 0 Å². The highest BCUT2D eigenvalue weighted by Gasteiger charge is 2.27. The number of benzene rings is 1. The monoisotopic (exact) mass is 221 g/mol. The summed E-state index contributed by atoms with van der Waals surface area (Å²) in [7, 11) is 5.36. The number of ether oxygens (including phenoxy) is 2. The summed E-state index contributed by atoms with van der Waals surface area (Å²) in [5, 5.41) is 3.19. The summed E-state index contributed by atoms with van der Waals surface area (Å²) in [6, 6.07) is 4.22. The fourth-order valence-electron chi connectivity index (χ4n) is 2.31. The average Bonchev–Trinajstić information content (AvgIpc) is 2.30. The highest BCUT2D eigenvalue weighted by molar-refractivity contribution is 5.53. The SMILES string of the molecule is CNCC[C@@H]1Cc2cc(OC)c(OC)cc21. The molecule has 0 aromatic heterocycles. The molecule has 0 saturated carbocycles. The first-order valence-corrected chi connectivity index (χ1v) is 5.69. The second-order valence-corrected chi connectivity index (χ2v) is 4.20. The standard InChI is InChI=1S/C13H19NO2/c1-14-5-4-9-6-10-7-12(15-2)13(16-3)8-11(9)10/h7-9,14H,4-6H2,1-3H3/t9-/m1/s1. The van der Waals surface area contributed by atoms with Crippen molar-refractivity contribution in [2.24, 2.45) is 0 Å². The summed E-state index contributed by atoms with van der Waals surface area (Å²) >= 11 is 0. The molecule has 0 amide bonds. The molecule has 0 unspecified atom stereocenters. The summed E-state index contributed by atoms with van der Waals surface area (Å²) in [6.45, 7) is 1.07. The Labute approximate surface area is 96.8 Å². The van der Waals surface area contributed by atoms with Crippen LogP contribution in [0.5, 0.6) is 11.5 Å². The molecule has 0 heterocycles. The van der Waals surface area contributed by atoms with E-state index in [1.54, 1.807) is 14.2 Å². The maximum Gasteiger partial charge on any atom is 0.161 e. The molecule has 0 fully saturated rings. The van der Waals surface area contributed by atoms with Crippen molar-refractivity contribution in [3.63, 3.8) is 0 Å². The van der Waals surface area contributed by atoms with Crippen LogP contribution in [0.25, 0.3) is 0 Å². The maximum atomic E-state index is 5.32. The third-order valence-corrected chi connectivity index (χ3v) is 3.29. The minimum Gasteiger partial charge on any atom is -0.493 e. The fourth-order valence-corrected chi connectivity index (χ4v) is 2.31. The van der Waals surface area contributed by atoms with Gasteiger partial charge in [-0.1, -0.05) is 0 Å². The van der Waals surface area contributed by atoms with Crippen molar-refractivity contribution in [3.8, 4) is 11.5 Å². The summed E-state index contributed by atoms with van der Waals surface area (Å²) in [6.07, 6.45) is 2.36. The smallest absolute Gasteiger partial charge is 0.161 e. The second-order valence-electron chi connectivity index (χ2n) is 4.20. The molecule has 0 bridgehead atoms. The van der Waals surface area contributed by atoms with Gasteiger partial charge in [-0.3, -0.25) is 0 Å². The Morgan fingerprint density at radius 2 is 1.94 bits per heavy atom. The number of fused-ring (bicyclic) bond motifs is 1. The quantitative estimate of drug-likeness (QED) is 0.824. The fraction of sp³-hybridized carbons (Fsp3) is 0.538. The van der Waals surface area contributed by atoms with E-state index < -0.39 is 0 Å². The molecule has 3 nitrogen and oxygen atoms in total. The molecular weight excluding hydrogens is 202 g/mol. The number of methoxy groups -OCH3 is 2. The first kappa shape index (κ1) is 11.3. The van der Waals surface area contributed by atoms with Gasteiger partial charge in [0.25, 0.3) is 0 Å². The van der Waals surface area contributed by atoms with E-state index in [1.165, 1.54) is 17.5 Å². The lowest BCUT2D eigenvalue weighted by Gasteiger charge is -2.31. The molecule has 1 N–H and O–H groups in total. The molecule has 1 aromatic carbocycles. The molecule has 0 spiro atoms. The molecule has 16 heavy (non-hydrogen) atoms. The van der Waals surface area contributed by atoms with Crippen LogP contribution >= 0.6 is 0 Å². The van der Waals surface area contributed by atoms with Crippen molar-refractivity contribution in [2.45, 2.75) is 18.8 Å². The Balaban J connectivity index is 2.17. The number of nitrogens with one attached hydrogen (secondary N) is 1. The molecule has 1 aliphatic rings. The average molecular weight is 221 g/mol. The molecular formula is C13H19NO2. The van der Waals surface area contributed by atoms with Gasteiger partial charge in [-0.15, -0.1) is 0 Å². The van der Waals surface area contributed by atoms with Crippen LogP contribution in [0.1, 0.15) is 23.5 Å². The van der Waals surface area contributed by atoms with E-state index in [4.69, 9.17) is 9.47 Å². The van der Waals surface area contributed by atoms with E-state index in [2.05, 4.69) is 17.4 Å². The van der Waals surface area contributed by atoms with Crippen LogP contribution < -0.4 is 14.8 Å². The molecule has 3 heteroatoms. The molecule has 1 atom stereocenters. The van der Waals surface area contributed by atoms with Crippen LogP contribution in [-0.2, 0) is 6.42 Å². The number of hydrogen-bond acceptors (Lipinski definition) is 3. The molecule has 2 rings (SSSR count). The van der Waals surface area contributed by atoms with Gasteiger partial charge in [-0.05, 0) is 55.6 Å². The minimum atomic E-state index is 0.683. The third kappa shape index (κ3) is 1.87. The first-order chi connectivity index (χ1) is 7.80. The van der Waals surface area contributed by atoms with Gasteiger partial charge in [-0.2, -0.15) is 0 Å². The van der Waals surface area contributed by atoms with Gasteiger partial charge >= 0.3 is 0 Å². The summed E-state index contributed by atoms with van der Waals surface area (Å²) in [5.41, 5.74) is 2.83. The van der Waals surface area contributed by atoms with Crippen LogP contribution in [-0.4, -0.2) is 27.8 Å². The van der Waals surface area contributed by atoms with Gasteiger partial charge in [0, 0.05) is 0 Å². The minimum absolute atomic E-state index is 0.683. The van der Waals surface area contributed by atoms with Crippen LogP contribution in [0.2, 0.25) is 0 Å². The predicted octanol–water partition coefficient (Wildman–Crippen LogP) is 1.95. The Bertz CT molecular complexity index is 376. The van der Waals surface area contributed by atoms with E-state index in [0.717, 1.165) is 24.5 Å². The highest BCUT2D eigenvalue weighted by atomic mass is 16.5. The van der Waals surface area contributed by atoms with Gasteiger partial charge in [0.05, 0.1) is 14.2 Å². The second kappa shape index (κ2) is 4.74. The third-order valence-electron chi connectivity index (χ3n) is 3.29. The van der Waals surface area contributed by atoms with Crippen LogP contribution in [0.15, 0.2) is 12.1 Å². The summed E-state index contributed by atoms with van der Waals surface area (Å²) in [5.74, 6) is 2.37. The normalized spacial score (nSPS) is 17.6. The van der Waals surface area contributed by atoms with E-state index >= 15 is 0 Å². The van der Waals surface area contributed by atoms with E-state index in [0.29, 0.717) is 5.92 Å². The number of hydrogen-bond donors (Lipinski definition) is 1. The molecule has 1 aromatic rings. The van der Waals surface area contributed by atoms with Crippen molar-refractivity contribution in [3.05, 3.63) is 23.3 Å². The summed E-state index contributed by atoms with van der Waals surface area (Å²) < 4.78 is 10.6. The van der Waals surface area contributed by atoms with Crippen molar-refractivity contribution in [1.82, 2.24) is 5.32 Å². The predicted molar refractivity (Wildman–Crippen MR) is 64.5 cm³/mol. The van der Waals surface area contributed by atoms with Crippen molar-refractivity contribution >= 4 is 0 Å². The Kier molecular flexibility index (Phi) is 3.34. The zero-order valence-corrected chi connectivity index (χ0v) is 10.2. The Morgan fingerprint density at radius 1 is 1.25 bits per heavy atom. The maximum absolute atomic E-state index is 5.32. The molecule has 88 valence electrons. The molecule has 1 aliphatic carbocycles. The first-order valence-electron chi connectivity index (χ1n) is 5.69. The van der Waals surface area contributed by atoms with Crippen molar-refractivity contribution < 1.29 is 9.47 Å². The van der Waals surface area contributed by atoms with Crippen LogP contribution in [0.4, 0.5) is 0 Å². The van der Waals surface area contributed by atoms with E-state index in [-0.39, 0.29) is 0 Å². The molecule has 0 aliphatic heterocycles. The lowest BCUT2D eigenvalue weighted by atomic mass is 9.75. The molecule has 0 saturated heterocycles. The van der Waals surface area contributed by atoms with E-state index in [1.807, 2.05) is 7.05 Å². The Morgan fingerprint density at radius 3 is 2.56 bits per heavy atom. The van der Waals surface area contributed by atoms with Gasteiger partial charge in [0.15, 0.2) is 11.5 Å². The van der Waals surface area contributed by atoms with Crippen LogP contribution in [0.3, 0.4) is 0 Å².